The van der Waals surface area contributed by atoms with Crippen molar-refractivity contribution in [1.29, 1.82) is 0 Å². The van der Waals surface area contributed by atoms with Gasteiger partial charge in [-0.15, -0.1) is 0 Å². The fourth-order valence-electron chi connectivity index (χ4n) is 2.15. The number of amides is 3. The molecule has 0 unspecified atom stereocenters. The Kier molecular flexibility index (Phi) is 5.82. The molecular weight excluding hydrogens is 292 g/mol. The van der Waals surface area contributed by atoms with E-state index in [9.17, 15) is 9.59 Å². The predicted molar refractivity (Wildman–Crippen MR) is 87.7 cm³/mol. The van der Waals surface area contributed by atoms with Crippen molar-refractivity contribution in [2.45, 2.75) is 19.0 Å². The van der Waals surface area contributed by atoms with E-state index in [1.165, 1.54) is 7.05 Å². The quantitative estimate of drug-likeness (QED) is 0.783. The molecule has 6 nitrogen and oxygen atoms in total. The molecule has 3 amide bonds. The number of rotatable bonds is 5. The van der Waals surface area contributed by atoms with E-state index in [-0.39, 0.29) is 6.04 Å². The largest absolute Gasteiger partial charge is 0.341 e. The molecule has 3 N–H and O–H groups in total. The van der Waals surface area contributed by atoms with Crippen molar-refractivity contribution in [2.75, 3.05) is 7.05 Å². The SMILES string of the molecule is CNC(=O)NC(=O)[C@H](C)N[C@@H](c1ccccc1)c1ccccn1. The Labute approximate surface area is 135 Å². The van der Waals surface area contributed by atoms with Crippen LogP contribution in [0.3, 0.4) is 0 Å². The van der Waals surface area contributed by atoms with E-state index in [1.54, 1.807) is 13.1 Å². The standard InChI is InChI=1S/C17H20N4O2/c1-12(16(22)21-17(23)18-2)20-15(13-8-4-3-5-9-13)14-10-6-7-11-19-14/h3-12,15,20H,1-2H3,(H2,18,21,22,23)/t12-,15-/m0/s1. The number of nitrogens with zero attached hydrogens (tertiary/aromatic N) is 1. The van der Waals surface area contributed by atoms with Gasteiger partial charge < -0.3 is 5.32 Å². The van der Waals surface area contributed by atoms with E-state index < -0.39 is 18.0 Å². The minimum atomic E-state index is -0.570. The summed E-state index contributed by atoms with van der Waals surface area (Å²) in [4.78, 5) is 27.7. The third kappa shape index (κ3) is 4.62. The van der Waals surface area contributed by atoms with Crippen LogP contribution in [0, 0.1) is 0 Å². The number of aromatic nitrogens is 1. The molecule has 0 saturated carbocycles. The molecule has 1 heterocycles. The summed E-state index contributed by atoms with van der Waals surface area (Å²) in [5, 5.41) is 7.85. The van der Waals surface area contributed by atoms with E-state index in [0.717, 1.165) is 11.3 Å². The first kappa shape index (κ1) is 16.6. The molecule has 0 bridgehead atoms. The predicted octanol–water partition coefficient (Wildman–Crippen LogP) is 1.60. The molecule has 1 aromatic carbocycles. The summed E-state index contributed by atoms with van der Waals surface area (Å²) >= 11 is 0. The smallest absolute Gasteiger partial charge is 0.321 e. The van der Waals surface area contributed by atoms with Gasteiger partial charge >= 0.3 is 6.03 Å². The summed E-state index contributed by atoms with van der Waals surface area (Å²) in [6.45, 7) is 1.71. The highest BCUT2D eigenvalue weighted by Crippen LogP contribution is 2.20. The first-order chi connectivity index (χ1) is 11.1. The Morgan fingerprint density at radius 2 is 1.74 bits per heavy atom. The lowest BCUT2D eigenvalue weighted by Crippen LogP contribution is -2.48. The van der Waals surface area contributed by atoms with Crippen LogP contribution in [-0.2, 0) is 4.79 Å². The van der Waals surface area contributed by atoms with Gasteiger partial charge in [0.2, 0.25) is 5.91 Å². The summed E-state index contributed by atoms with van der Waals surface area (Å²) < 4.78 is 0. The molecule has 0 fully saturated rings. The van der Waals surface area contributed by atoms with Gasteiger partial charge in [0.1, 0.15) is 0 Å². The second-order valence-corrected chi connectivity index (χ2v) is 5.06. The fraction of sp³-hybridized carbons (Fsp3) is 0.235. The van der Waals surface area contributed by atoms with Crippen molar-refractivity contribution in [2.24, 2.45) is 0 Å². The van der Waals surface area contributed by atoms with Gasteiger partial charge in [0, 0.05) is 13.2 Å². The molecule has 1 aromatic heterocycles. The van der Waals surface area contributed by atoms with E-state index in [4.69, 9.17) is 0 Å². The number of urea groups is 1. The third-order valence-corrected chi connectivity index (χ3v) is 3.39. The maximum Gasteiger partial charge on any atom is 0.321 e. The highest BCUT2D eigenvalue weighted by molar-refractivity contribution is 5.96. The number of imide groups is 1. The molecule has 2 atom stereocenters. The van der Waals surface area contributed by atoms with Gasteiger partial charge in [-0.1, -0.05) is 36.4 Å². The van der Waals surface area contributed by atoms with Crippen LogP contribution in [0.25, 0.3) is 0 Å². The van der Waals surface area contributed by atoms with Crippen LogP contribution in [0.1, 0.15) is 24.2 Å². The number of carbonyl (C=O) groups is 2. The van der Waals surface area contributed by atoms with Crippen LogP contribution in [0.4, 0.5) is 4.79 Å². The van der Waals surface area contributed by atoms with Crippen LogP contribution in [-0.4, -0.2) is 30.0 Å². The first-order valence-corrected chi connectivity index (χ1v) is 7.36. The molecule has 0 saturated heterocycles. The van der Waals surface area contributed by atoms with Crippen molar-refractivity contribution in [3.05, 3.63) is 66.0 Å². The van der Waals surface area contributed by atoms with Gasteiger partial charge in [0.25, 0.3) is 0 Å². The number of pyridine rings is 1. The van der Waals surface area contributed by atoms with Gasteiger partial charge in [-0.2, -0.15) is 0 Å². The summed E-state index contributed by atoms with van der Waals surface area (Å²) in [6, 6.07) is 14.0. The maximum absolute atomic E-state index is 12.1. The van der Waals surface area contributed by atoms with Gasteiger partial charge in [-0.25, -0.2) is 4.79 Å². The van der Waals surface area contributed by atoms with Crippen molar-refractivity contribution in [1.82, 2.24) is 20.9 Å². The van der Waals surface area contributed by atoms with Gasteiger partial charge in [-0.05, 0) is 24.6 Å². The monoisotopic (exact) mass is 312 g/mol. The highest BCUT2D eigenvalue weighted by Gasteiger charge is 2.22. The third-order valence-electron chi connectivity index (χ3n) is 3.39. The number of benzene rings is 1. The summed E-state index contributed by atoms with van der Waals surface area (Å²) in [6.07, 6.45) is 1.71. The Morgan fingerprint density at radius 3 is 2.35 bits per heavy atom. The molecule has 0 aliphatic carbocycles. The van der Waals surface area contributed by atoms with E-state index in [0.29, 0.717) is 0 Å². The molecule has 23 heavy (non-hydrogen) atoms. The Morgan fingerprint density at radius 1 is 1.04 bits per heavy atom. The van der Waals surface area contributed by atoms with E-state index in [1.807, 2.05) is 48.5 Å². The number of carbonyl (C=O) groups excluding carboxylic acids is 2. The van der Waals surface area contributed by atoms with E-state index >= 15 is 0 Å². The zero-order valence-corrected chi connectivity index (χ0v) is 13.1. The molecular formula is C17H20N4O2. The topological polar surface area (TPSA) is 83.1 Å². The van der Waals surface area contributed by atoms with Crippen LogP contribution in [0.5, 0.6) is 0 Å². The summed E-state index contributed by atoms with van der Waals surface area (Å²) in [7, 11) is 1.46. The van der Waals surface area contributed by atoms with Crippen LogP contribution in [0.15, 0.2) is 54.7 Å². The van der Waals surface area contributed by atoms with Crippen molar-refractivity contribution < 1.29 is 9.59 Å². The van der Waals surface area contributed by atoms with Crippen LogP contribution < -0.4 is 16.0 Å². The minimum absolute atomic E-state index is 0.247. The van der Waals surface area contributed by atoms with Gasteiger partial charge in [0.15, 0.2) is 0 Å². The number of hydrogen-bond donors (Lipinski definition) is 3. The first-order valence-electron chi connectivity index (χ1n) is 7.36. The Bertz CT molecular complexity index is 607. The average Bonchev–Trinajstić information content (AvgIpc) is 2.60. The number of hydrogen-bond acceptors (Lipinski definition) is 4. The lowest BCUT2D eigenvalue weighted by molar-refractivity contribution is -0.121. The zero-order valence-electron chi connectivity index (χ0n) is 13.1. The fourth-order valence-corrected chi connectivity index (χ4v) is 2.15. The average molecular weight is 312 g/mol. The highest BCUT2D eigenvalue weighted by atomic mass is 16.2. The minimum Gasteiger partial charge on any atom is -0.341 e. The summed E-state index contributed by atoms with van der Waals surface area (Å²) in [5.74, 6) is -0.402. The van der Waals surface area contributed by atoms with Crippen molar-refractivity contribution in [3.63, 3.8) is 0 Å². The van der Waals surface area contributed by atoms with Gasteiger partial charge in [-0.3, -0.25) is 20.4 Å². The second-order valence-electron chi connectivity index (χ2n) is 5.06. The van der Waals surface area contributed by atoms with Crippen LogP contribution >= 0.6 is 0 Å². The molecule has 2 rings (SSSR count). The van der Waals surface area contributed by atoms with Crippen molar-refractivity contribution in [3.8, 4) is 0 Å². The molecule has 0 aliphatic rings. The molecule has 0 radical (unpaired) electrons. The molecule has 2 aromatic rings. The lowest BCUT2D eigenvalue weighted by Gasteiger charge is -2.22. The zero-order chi connectivity index (χ0) is 16.7. The summed E-state index contributed by atoms with van der Waals surface area (Å²) in [5.41, 5.74) is 1.80. The Balaban J connectivity index is 2.19. The molecule has 6 heteroatoms. The maximum atomic E-state index is 12.1. The molecule has 0 aliphatic heterocycles. The van der Waals surface area contributed by atoms with Crippen molar-refractivity contribution >= 4 is 11.9 Å². The lowest BCUT2D eigenvalue weighted by atomic mass is 10.0. The van der Waals surface area contributed by atoms with Gasteiger partial charge in [0.05, 0.1) is 17.8 Å². The molecule has 120 valence electrons. The second kappa shape index (κ2) is 8.05. The van der Waals surface area contributed by atoms with Crippen LogP contribution in [0.2, 0.25) is 0 Å². The van der Waals surface area contributed by atoms with E-state index in [2.05, 4.69) is 20.9 Å². The molecule has 0 spiro atoms. The normalized spacial score (nSPS) is 13.0. The number of nitrogens with one attached hydrogen (secondary N) is 3. The Hall–Kier alpha value is -2.73.